The molecule has 0 aliphatic heterocycles. The molecular formula is C8H12N8. The molecule has 0 amide bonds. The topological polar surface area (TPSA) is 118 Å². The van der Waals surface area contributed by atoms with Gasteiger partial charge in [0.25, 0.3) is 0 Å². The molecule has 84 valence electrons. The van der Waals surface area contributed by atoms with Crippen LogP contribution in [-0.4, -0.2) is 30.6 Å². The van der Waals surface area contributed by atoms with Gasteiger partial charge >= 0.3 is 0 Å². The standard InChI is InChI=1S/C8H12N8/c1-4-3-6(12-8(9)10-4)11-5(2)7-13-15-16-14-7/h3,5H,1-2H3,(H3,9,10,11,12)(H,13,14,15,16). The first-order chi connectivity index (χ1) is 7.65. The number of rotatable bonds is 3. The third-order valence-electron chi connectivity index (χ3n) is 1.98. The Kier molecular flexibility index (Phi) is 2.63. The van der Waals surface area contributed by atoms with Gasteiger partial charge in [0.1, 0.15) is 5.82 Å². The molecule has 2 rings (SSSR count). The van der Waals surface area contributed by atoms with Crippen molar-refractivity contribution in [3.8, 4) is 0 Å². The average Bonchev–Trinajstić information content (AvgIpc) is 2.68. The summed E-state index contributed by atoms with van der Waals surface area (Å²) in [6.45, 7) is 3.75. The maximum absolute atomic E-state index is 5.54. The first-order valence-corrected chi connectivity index (χ1v) is 4.76. The lowest BCUT2D eigenvalue weighted by Gasteiger charge is -2.10. The van der Waals surface area contributed by atoms with Crippen LogP contribution in [0.3, 0.4) is 0 Å². The van der Waals surface area contributed by atoms with Crippen LogP contribution in [0, 0.1) is 6.92 Å². The Balaban J connectivity index is 2.15. The lowest BCUT2D eigenvalue weighted by Crippen LogP contribution is -2.11. The maximum atomic E-state index is 5.54. The van der Waals surface area contributed by atoms with Gasteiger partial charge in [-0.05, 0) is 13.8 Å². The molecular weight excluding hydrogens is 208 g/mol. The predicted octanol–water partition coefficient (Wildman–Crippen LogP) is 0.0534. The second kappa shape index (κ2) is 4.09. The fourth-order valence-electron chi connectivity index (χ4n) is 1.30. The van der Waals surface area contributed by atoms with Gasteiger partial charge in [-0.2, -0.15) is 10.2 Å². The molecule has 0 radical (unpaired) electrons. The Labute approximate surface area is 91.7 Å². The van der Waals surface area contributed by atoms with Crippen molar-refractivity contribution in [2.24, 2.45) is 0 Å². The number of aromatic amines is 1. The molecule has 1 atom stereocenters. The van der Waals surface area contributed by atoms with Gasteiger partial charge in [0.2, 0.25) is 5.95 Å². The van der Waals surface area contributed by atoms with E-state index in [0.717, 1.165) is 5.69 Å². The molecule has 0 aromatic carbocycles. The smallest absolute Gasteiger partial charge is 0.222 e. The first-order valence-electron chi connectivity index (χ1n) is 4.76. The highest BCUT2D eigenvalue weighted by Gasteiger charge is 2.11. The minimum absolute atomic E-state index is 0.104. The molecule has 0 aliphatic carbocycles. The second-order valence-electron chi connectivity index (χ2n) is 3.39. The summed E-state index contributed by atoms with van der Waals surface area (Å²) in [4.78, 5) is 8.03. The quantitative estimate of drug-likeness (QED) is 0.668. The molecule has 0 bridgehead atoms. The summed E-state index contributed by atoms with van der Waals surface area (Å²) in [6, 6.07) is 1.69. The van der Waals surface area contributed by atoms with Crippen LogP contribution in [0.25, 0.3) is 0 Å². The molecule has 0 spiro atoms. The van der Waals surface area contributed by atoms with E-state index in [1.54, 1.807) is 6.07 Å². The number of aromatic nitrogens is 6. The van der Waals surface area contributed by atoms with Crippen LogP contribution < -0.4 is 11.1 Å². The fourth-order valence-corrected chi connectivity index (χ4v) is 1.30. The van der Waals surface area contributed by atoms with Crippen molar-refractivity contribution in [2.45, 2.75) is 19.9 Å². The number of H-pyrrole nitrogens is 1. The van der Waals surface area contributed by atoms with Crippen LogP contribution in [0.15, 0.2) is 6.07 Å². The molecule has 1 unspecified atom stereocenters. The van der Waals surface area contributed by atoms with Gasteiger partial charge in [0, 0.05) is 11.8 Å². The first kappa shape index (κ1) is 10.3. The Morgan fingerprint density at radius 3 is 2.88 bits per heavy atom. The molecule has 8 nitrogen and oxygen atoms in total. The fraction of sp³-hybridized carbons (Fsp3) is 0.375. The second-order valence-corrected chi connectivity index (χ2v) is 3.39. The number of anilines is 2. The predicted molar refractivity (Wildman–Crippen MR) is 57.4 cm³/mol. The van der Waals surface area contributed by atoms with Crippen molar-refractivity contribution >= 4 is 11.8 Å². The minimum atomic E-state index is -0.104. The van der Waals surface area contributed by atoms with Crippen molar-refractivity contribution in [2.75, 3.05) is 11.1 Å². The van der Waals surface area contributed by atoms with Crippen LogP contribution in [0.5, 0.6) is 0 Å². The number of nitrogens with zero attached hydrogens (tertiary/aromatic N) is 5. The Hall–Kier alpha value is -2.25. The summed E-state index contributed by atoms with van der Waals surface area (Å²) in [7, 11) is 0. The molecule has 2 aromatic heterocycles. The summed E-state index contributed by atoms with van der Waals surface area (Å²) in [6.07, 6.45) is 0. The van der Waals surface area contributed by atoms with Crippen LogP contribution in [0.2, 0.25) is 0 Å². The summed E-state index contributed by atoms with van der Waals surface area (Å²) in [5.74, 6) is 1.44. The van der Waals surface area contributed by atoms with E-state index in [1.807, 2.05) is 13.8 Å². The summed E-state index contributed by atoms with van der Waals surface area (Å²) >= 11 is 0. The van der Waals surface area contributed by atoms with Crippen LogP contribution in [0.1, 0.15) is 24.5 Å². The number of nitrogens with two attached hydrogens (primary N) is 1. The van der Waals surface area contributed by atoms with E-state index in [2.05, 4.69) is 35.9 Å². The van der Waals surface area contributed by atoms with Gasteiger partial charge in [0.15, 0.2) is 5.82 Å². The lowest BCUT2D eigenvalue weighted by molar-refractivity contribution is 0.787. The Morgan fingerprint density at radius 1 is 1.44 bits per heavy atom. The number of tetrazole rings is 1. The SMILES string of the molecule is Cc1cc(NC(C)c2nn[nH]n2)nc(N)n1. The van der Waals surface area contributed by atoms with Crippen LogP contribution in [-0.2, 0) is 0 Å². The van der Waals surface area contributed by atoms with Crippen molar-refractivity contribution < 1.29 is 0 Å². The number of nitrogens with one attached hydrogen (secondary N) is 2. The highest BCUT2D eigenvalue weighted by Crippen LogP contribution is 2.14. The van der Waals surface area contributed by atoms with Crippen molar-refractivity contribution in [3.63, 3.8) is 0 Å². The van der Waals surface area contributed by atoms with Gasteiger partial charge in [-0.15, -0.1) is 10.2 Å². The highest BCUT2D eigenvalue weighted by atomic mass is 15.5. The van der Waals surface area contributed by atoms with E-state index in [9.17, 15) is 0 Å². The number of aryl methyl sites for hydroxylation is 1. The number of hydrogen-bond donors (Lipinski definition) is 3. The van der Waals surface area contributed by atoms with Crippen LogP contribution >= 0.6 is 0 Å². The van der Waals surface area contributed by atoms with Crippen molar-refractivity contribution in [3.05, 3.63) is 17.6 Å². The molecule has 2 aromatic rings. The van der Waals surface area contributed by atoms with E-state index >= 15 is 0 Å². The van der Waals surface area contributed by atoms with Gasteiger partial charge < -0.3 is 11.1 Å². The number of nitrogen functional groups attached to an aromatic ring is 1. The minimum Gasteiger partial charge on any atom is -0.368 e. The van der Waals surface area contributed by atoms with E-state index in [-0.39, 0.29) is 12.0 Å². The Morgan fingerprint density at radius 2 is 2.25 bits per heavy atom. The molecule has 4 N–H and O–H groups in total. The van der Waals surface area contributed by atoms with Crippen molar-refractivity contribution in [1.82, 2.24) is 30.6 Å². The molecule has 8 heteroatoms. The zero-order valence-electron chi connectivity index (χ0n) is 8.97. The average molecular weight is 220 g/mol. The lowest BCUT2D eigenvalue weighted by atomic mass is 10.3. The molecule has 2 heterocycles. The zero-order chi connectivity index (χ0) is 11.5. The molecule has 0 saturated heterocycles. The normalized spacial score (nSPS) is 12.4. The zero-order valence-corrected chi connectivity index (χ0v) is 8.97. The van der Waals surface area contributed by atoms with Crippen LogP contribution in [0.4, 0.5) is 11.8 Å². The third-order valence-corrected chi connectivity index (χ3v) is 1.98. The highest BCUT2D eigenvalue weighted by molar-refractivity contribution is 5.41. The molecule has 0 saturated carbocycles. The monoisotopic (exact) mass is 220 g/mol. The van der Waals surface area contributed by atoms with Gasteiger partial charge in [-0.25, -0.2) is 4.98 Å². The largest absolute Gasteiger partial charge is 0.368 e. The summed E-state index contributed by atoms with van der Waals surface area (Å²) < 4.78 is 0. The van der Waals surface area contributed by atoms with E-state index in [0.29, 0.717) is 11.6 Å². The van der Waals surface area contributed by atoms with E-state index in [1.165, 1.54) is 0 Å². The van der Waals surface area contributed by atoms with Gasteiger partial charge in [-0.3, -0.25) is 0 Å². The number of hydrogen-bond acceptors (Lipinski definition) is 7. The molecule has 16 heavy (non-hydrogen) atoms. The maximum Gasteiger partial charge on any atom is 0.222 e. The van der Waals surface area contributed by atoms with Gasteiger partial charge in [-0.1, -0.05) is 5.21 Å². The molecule has 0 fully saturated rings. The molecule has 0 aliphatic rings. The van der Waals surface area contributed by atoms with Gasteiger partial charge in [0.05, 0.1) is 6.04 Å². The summed E-state index contributed by atoms with van der Waals surface area (Å²) in [5, 5.41) is 16.7. The van der Waals surface area contributed by atoms with E-state index in [4.69, 9.17) is 5.73 Å². The summed E-state index contributed by atoms with van der Waals surface area (Å²) in [5.41, 5.74) is 6.34. The van der Waals surface area contributed by atoms with Crippen molar-refractivity contribution in [1.29, 1.82) is 0 Å². The van der Waals surface area contributed by atoms with E-state index < -0.39 is 0 Å². The Bertz CT molecular complexity index is 445. The third kappa shape index (κ3) is 2.22.